The van der Waals surface area contributed by atoms with E-state index in [2.05, 4.69) is 0 Å². The van der Waals surface area contributed by atoms with Gasteiger partial charge in [0.1, 0.15) is 18.8 Å². The van der Waals surface area contributed by atoms with Crippen molar-refractivity contribution < 1.29 is 29.3 Å². The molecular weight excluding hydrogens is 384 g/mol. The molecule has 2 aromatic carbocycles. The molecule has 0 aliphatic heterocycles. The fraction of sp³-hybridized carbons (Fsp3) is 0.238. The summed E-state index contributed by atoms with van der Waals surface area (Å²) >= 11 is 6.11. The van der Waals surface area contributed by atoms with Gasteiger partial charge in [-0.2, -0.15) is 0 Å². The van der Waals surface area contributed by atoms with Crippen molar-refractivity contribution in [3.8, 4) is 0 Å². The number of hydrogen-bond donors (Lipinski definition) is 2. The van der Waals surface area contributed by atoms with Crippen LogP contribution >= 0.6 is 11.6 Å². The van der Waals surface area contributed by atoms with Crippen LogP contribution in [0.5, 0.6) is 0 Å². The highest BCUT2D eigenvalue weighted by molar-refractivity contribution is 6.22. The molecule has 3 rings (SSSR count). The Morgan fingerprint density at radius 1 is 0.893 bits per heavy atom. The minimum Gasteiger partial charge on any atom is -0.457 e. The predicted molar refractivity (Wildman–Crippen MR) is 102 cm³/mol. The van der Waals surface area contributed by atoms with Gasteiger partial charge in [0, 0.05) is 0 Å². The Hall–Kier alpha value is -2.67. The monoisotopic (exact) mass is 402 g/mol. The predicted octanol–water partition coefficient (Wildman–Crippen LogP) is 2.34. The standard InChI is InChI=1S/C21H19ClO6/c22-16-11-15(12-27-20(25)13-7-3-1-4-8-13)17(23)19(18(16)24)28-21(26)14-9-5-2-6-10-14/h1-11,16-19,23-24H,12H2/t16-,17-,18-,19+/m1/s1. The van der Waals surface area contributed by atoms with Crippen molar-refractivity contribution in [1.82, 2.24) is 0 Å². The van der Waals surface area contributed by atoms with Crippen molar-refractivity contribution in [2.45, 2.75) is 23.7 Å². The van der Waals surface area contributed by atoms with E-state index in [1.54, 1.807) is 60.7 Å². The Kier molecular flexibility index (Phi) is 6.46. The third-order valence-corrected chi connectivity index (χ3v) is 4.74. The van der Waals surface area contributed by atoms with Crippen molar-refractivity contribution in [2.24, 2.45) is 0 Å². The fourth-order valence-electron chi connectivity index (χ4n) is 2.82. The minimum atomic E-state index is -1.36. The first-order chi connectivity index (χ1) is 13.5. The number of aliphatic hydroxyl groups is 2. The molecule has 0 unspecified atom stereocenters. The largest absolute Gasteiger partial charge is 0.457 e. The second kappa shape index (κ2) is 9.01. The molecule has 0 saturated heterocycles. The summed E-state index contributed by atoms with van der Waals surface area (Å²) in [4.78, 5) is 24.4. The van der Waals surface area contributed by atoms with E-state index in [-0.39, 0.29) is 17.7 Å². The van der Waals surface area contributed by atoms with Gasteiger partial charge in [-0.15, -0.1) is 11.6 Å². The van der Waals surface area contributed by atoms with Crippen molar-refractivity contribution in [1.29, 1.82) is 0 Å². The van der Waals surface area contributed by atoms with E-state index in [0.29, 0.717) is 5.56 Å². The molecule has 4 atom stereocenters. The van der Waals surface area contributed by atoms with E-state index in [0.717, 1.165) is 0 Å². The zero-order chi connectivity index (χ0) is 20.1. The molecule has 6 nitrogen and oxygen atoms in total. The number of alkyl halides is 1. The molecule has 0 bridgehead atoms. The van der Waals surface area contributed by atoms with E-state index >= 15 is 0 Å². The average molecular weight is 403 g/mol. The number of ether oxygens (including phenoxy) is 2. The zero-order valence-electron chi connectivity index (χ0n) is 14.8. The van der Waals surface area contributed by atoms with Gasteiger partial charge >= 0.3 is 11.9 Å². The average Bonchev–Trinajstić information content (AvgIpc) is 2.73. The highest BCUT2D eigenvalue weighted by Gasteiger charge is 2.41. The van der Waals surface area contributed by atoms with Gasteiger partial charge in [0.05, 0.1) is 16.5 Å². The summed E-state index contributed by atoms with van der Waals surface area (Å²) in [6.07, 6.45) is -2.55. The van der Waals surface area contributed by atoms with Gasteiger partial charge in [0.25, 0.3) is 0 Å². The molecule has 0 saturated carbocycles. The number of carbonyl (C=O) groups is 2. The lowest BCUT2D eigenvalue weighted by Gasteiger charge is -2.34. The number of aliphatic hydroxyl groups excluding tert-OH is 2. The Labute approximate surface area is 167 Å². The second-order valence-electron chi connectivity index (χ2n) is 6.30. The maximum absolute atomic E-state index is 12.3. The first-order valence-electron chi connectivity index (χ1n) is 8.66. The van der Waals surface area contributed by atoms with E-state index in [4.69, 9.17) is 21.1 Å². The summed E-state index contributed by atoms with van der Waals surface area (Å²) in [6.45, 7) is -0.246. The molecule has 0 radical (unpaired) electrons. The SMILES string of the molecule is O=C(OCC1=C[C@@H](Cl)[C@@H](O)[C@@H](OC(=O)c2ccccc2)[C@@H]1O)c1ccccc1. The molecule has 0 spiro atoms. The summed E-state index contributed by atoms with van der Waals surface area (Å²) in [7, 11) is 0. The van der Waals surface area contributed by atoms with E-state index in [1.807, 2.05) is 0 Å². The van der Waals surface area contributed by atoms with E-state index < -0.39 is 35.6 Å². The summed E-state index contributed by atoms with van der Waals surface area (Å²) in [5.41, 5.74) is 0.892. The minimum absolute atomic E-state index is 0.246. The first-order valence-corrected chi connectivity index (χ1v) is 9.10. The lowest BCUT2D eigenvalue weighted by atomic mass is 9.91. The third-order valence-electron chi connectivity index (χ3n) is 4.36. The fourth-order valence-corrected chi connectivity index (χ4v) is 3.13. The van der Waals surface area contributed by atoms with Crippen molar-refractivity contribution >= 4 is 23.5 Å². The van der Waals surface area contributed by atoms with Crippen molar-refractivity contribution in [2.75, 3.05) is 6.61 Å². The van der Waals surface area contributed by atoms with Crippen LogP contribution in [0.1, 0.15) is 20.7 Å². The van der Waals surface area contributed by atoms with E-state index in [1.165, 1.54) is 6.08 Å². The topological polar surface area (TPSA) is 93.1 Å². The molecule has 1 aliphatic rings. The van der Waals surface area contributed by atoms with Crippen LogP contribution in [-0.4, -0.2) is 52.4 Å². The van der Waals surface area contributed by atoms with Gasteiger partial charge in [-0.3, -0.25) is 0 Å². The number of carbonyl (C=O) groups excluding carboxylic acids is 2. The molecule has 0 amide bonds. The zero-order valence-corrected chi connectivity index (χ0v) is 15.5. The third kappa shape index (κ3) is 4.59. The summed E-state index contributed by atoms with van der Waals surface area (Å²) in [6, 6.07) is 16.6. The van der Waals surface area contributed by atoms with Crippen molar-refractivity contribution in [3.05, 3.63) is 83.4 Å². The smallest absolute Gasteiger partial charge is 0.338 e. The number of halogens is 1. The van der Waals surface area contributed by atoms with E-state index in [9.17, 15) is 19.8 Å². The number of rotatable bonds is 5. The Morgan fingerprint density at radius 3 is 2.00 bits per heavy atom. The lowest BCUT2D eigenvalue weighted by molar-refractivity contribution is -0.0688. The van der Waals surface area contributed by atoms with Gasteiger partial charge in [0.15, 0.2) is 6.10 Å². The highest BCUT2D eigenvalue weighted by Crippen LogP contribution is 2.27. The van der Waals surface area contributed by atoms with Crippen LogP contribution in [0.4, 0.5) is 0 Å². The summed E-state index contributed by atoms with van der Waals surface area (Å²) in [5.74, 6) is -1.26. The molecular formula is C21H19ClO6. The van der Waals surface area contributed by atoms with Crippen LogP contribution in [0, 0.1) is 0 Å². The molecule has 7 heteroatoms. The van der Waals surface area contributed by atoms with Gasteiger partial charge in [-0.25, -0.2) is 9.59 Å². The Morgan fingerprint density at radius 2 is 1.43 bits per heavy atom. The molecule has 28 heavy (non-hydrogen) atoms. The summed E-state index contributed by atoms with van der Waals surface area (Å²) < 4.78 is 10.5. The number of benzene rings is 2. The lowest BCUT2D eigenvalue weighted by Crippen LogP contribution is -2.50. The van der Waals surface area contributed by atoms with Gasteiger partial charge in [0.2, 0.25) is 0 Å². The van der Waals surface area contributed by atoms with Crippen molar-refractivity contribution in [3.63, 3.8) is 0 Å². The van der Waals surface area contributed by atoms with Gasteiger partial charge in [-0.05, 0) is 29.8 Å². The highest BCUT2D eigenvalue weighted by atomic mass is 35.5. The first kappa shape index (κ1) is 20.1. The molecule has 2 aromatic rings. The van der Waals surface area contributed by atoms with Crippen LogP contribution in [-0.2, 0) is 9.47 Å². The Bertz CT molecular complexity index is 852. The maximum atomic E-state index is 12.3. The normalized spacial score (nSPS) is 24.2. The second-order valence-corrected chi connectivity index (χ2v) is 6.80. The molecule has 0 heterocycles. The molecule has 2 N–H and O–H groups in total. The van der Waals surface area contributed by atoms with Crippen LogP contribution in [0.15, 0.2) is 72.3 Å². The number of esters is 2. The number of hydrogen-bond acceptors (Lipinski definition) is 6. The quantitative estimate of drug-likeness (QED) is 0.453. The molecule has 0 fully saturated rings. The van der Waals surface area contributed by atoms with Gasteiger partial charge in [-0.1, -0.05) is 42.5 Å². The maximum Gasteiger partial charge on any atom is 0.338 e. The molecule has 146 valence electrons. The van der Waals surface area contributed by atoms with Gasteiger partial charge < -0.3 is 19.7 Å². The molecule has 1 aliphatic carbocycles. The van der Waals surface area contributed by atoms with Crippen LogP contribution < -0.4 is 0 Å². The summed E-state index contributed by atoms with van der Waals surface area (Å²) in [5, 5.41) is 19.9. The van der Waals surface area contributed by atoms with Crippen LogP contribution in [0.2, 0.25) is 0 Å². The Balaban J connectivity index is 1.68. The van der Waals surface area contributed by atoms with Crippen LogP contribution in [0.25, 0.3) is 0 Å². The van der Waals surface area contributed by atoms with Crippen LogP contribution in [0.3, 0.4) is 0 Å². The molecule has 0 aromatic heterocycles.